The Labute approximate surface area is 79.2 Å². The molecule has 0 spiro atoms. The predicted octanol–water partition coefficient (Wildman–Crippen LogP) is 0.912. The number of rotatable bonds is 2. The van der Waals surface area contributed by atoms with Crippen molar-refractivity contribution in [3.63, 3.8) is 0 Å². The van der Waals surface area contributed by atoms with Crippen LogP contribution in [0.25, 0.3) is 11.1 Å². The maximum Gasteiger partial charge on any atom is 0.330 e. The summed E-state index contributed by atoms with van der Waals surface area (Å²) in [6.45, 7) is 0. The van der Waals surface area contributed by atoms with Crippen molar-refractivity contribution in [2.75, 3.05) is 0 Å². The Morgan fingerprint density at radius 3 is 2.86 bits per heavy atom. The molecule has 72 valence electrons. The zero-order chi connectivity index (χ0) is 10.1. The quantitative estimate of drug-likeness (QED) is 0.738. The summed E-state index contributed by atoms with van der Waals surface area (Å²) in [4.78, 5) is 14.5. The number of nitrogens with two attached hydrogens (primary N) is 1. The lowest BCUT2D eigenvalue weighted by Gasteiger charge is -1.97. The van der Waals surface area contributed by atoms with Crippen molar-refractivity contribution in [1.29, 1.82) is 0 Å². The van der Waals surface area contributed by atoms with Crippen molar-refractivity contribution in [3.05, 3.63) is 30.2 Å². The molecule has 1 aromatic carbocycles. The Kier molecular flexibility index (Phi) is 1.94. The van der Waals surface area contributed by atoms with Gasteiger partial charge in [-0.1, -0.05) is 12.1 Å². The van der Waals surface area contributed by atoms with E-state index in [4.69, 9.17) is 15.3 Å². The Morgan fingerprint density at radius 2 is 2.21 bits per heavy atom. The van der Waals surface area contributed by atoms with Gasteiger partial charge in [0.05, 0.1) is 0 Å². The molecule has 0 saturated heterocycles. The average Bonchev–Trinajstić information content (AvgIpc) is 2.59. The summed E-state index contributed by atoms with van der Waals surface area (Å²) in [6.07, 6.45) is 0. The van der Waals surface area contributed by atoms with E-state index in [2.05, 4.69) is 4.98 Å². The van der Waals surface area contributed by atoms with Gasteiger partial charge in [-0.2, -0.15) is 0 Å². The summed E-state index contributed by atoms with van der Waals surface area (Å²) in [5, 5.41) is 8.64. The number of fused-ring (bicyclic) bond motifs is 1. The number of hydrogen-bond donors (Lipinski definition) is 2. The number of benzene rings is 1. The van der Waals surface area contributed by atoms with Gasteiger partial charge in [0.25, 0.3) is 0 Å². The number of aliphatic carboxylic acids is 1. The molecule has 0 fully saturated rings. The second kappa shape index (κ2) is 3.12. The van der Waals surface area contributed by atoms with Crippen molar-refractivity contribution < 1.29 is 14.3 Å². The highest BCUT2D eigenvalue weighted by Gasteiger charge is 2.20. The maximum absolute atomic E-state index is 10.6. The molecular formula is C9H8N2O3. The third kappa shape index (κ3) is 1.33. The van der Waals surface area contributed by atoms with Crippen molar-refractivity contribution >= 4 is 17.1 Å². The Hall–Kier alpha value is -1.88. The Balaban J connectivity index is 2.50. The van der Waals surface area contributed by atoms with E-state index in [1.165, 1.54) is 0 Å². The fourth-order valence-corrected chi connectivity index (χ4v) is 1.13. The predicted molar refractivity (Wildman–Crippen MR) is 48.6 cm³/mol. The molecule has 1 heterocycles. The molecule has 0 aliphatic heterocycles. The van der Waals surface area contributed by atoms with Crippen LogP contribution in [-0.2, 0) is 4.79 Å². The molecule has 1 aromatic heterocycles. The standard InChI is InChI=1S/C9H8N2O3/c10-7(9(12)13)8-11-5-3-1-2-4-6(5)14-8/h1-4,7H,10H2,(H,12,13). The van der Waals surface area contributed by atoms with E-state index >= 15 is 0 Å². The minimum Gasteiger partial charge on any atom is -0.480 e. The van der Waals surface area contributed by atoms with Crippen LogP contribution in [0.2, 0.25) is 0 Å². The lowest BCUT2D eigenvalue weighted by molar-refractivity contribution is -0.139. The second-order valence-electron chi connectivity index (χ2n) is 2.84. The molecule has 0 saturated carbocycles. The first-order chi connectivity index (χ1) is 6.68. The van der Waals surface area contributed by atoms with Gasteiger partial charge in [-0.05, 0) is 12.1 Å². The van der Waals surface area contributed by atoms with E-state index < -0.39 is 12.0 Å². The highest BCUT2D eigenvalue weighted by molar-refractivity contribution is 5.77. The number of aromatic nitrogens is 1. The number of carboxylic acid groups (broad SMARTS) is 1. The topological polar surface area (TPSA) is 89.4 Å². The second-order valence-corrected chi connectivity index (χ2v) is 2.84. The molecule has 0 radical (unpaired) electrons. The highest BCUT2D eigenvalue weighted by atomic mass is 16.4. The summed E-state index contributed by atoms with van der Waals surface area (Å²) >= 11 is 0. The van der Waals surface area contributed by atoms with Gasteiger partial charge in [0, 0.05) is 0 Å². The van der Waals surface area contributed by atoms with Crippen LogP contribution in [0.15, 0.2) is 28.7 Å². The molecule has 5 heteroatoms. The van der Waals surface area contributed by atoms with Crippen molar-refractivity contribution in [2.45, 2.75) is 6.04 Å². The van der Waals surface area contributed by atoms with Crippen LogP contribution < -0.4 is 5.73 Å². The van der Waals surface area contributed by atoms with Gasteiger partial charge in [-0.25, -0.2) is 9.78 Å². The summed E-state index contributed by atoms with van der Waals surface area (Å²) in [6, 6.07) is 5.81. The summed E-state index contributed by atoms with van der Waals surface area (Å²) < 4.78 is 5.17. The fraction of sp³-hybridized carbons (Fsp3) is 0.111. The summed E-state index contributed by atoms with van der Waals surface area (Å²) in [5.41, 5.74) is 6.50. The molecule has 1 atom stereocenters. The van der Waals surface area contributed by atoms with E-state index in [9.17, 15) is 4.79 Å². The molecule has 2 aromatic rings. The average molecular weight is 192 g/mol. The number of oxazole rings is 1. The Bertz CT molecular complexity index is 445. The highest BCUT2D eigenvalue weighted by Crippen LogP contribution is 2.18. The lowest BCUT2D eigenvalue weighted by atomic mass is 10.3. The van der Waals surface area contributed by atoms with Crippen LogP contribution >= 0.6 is 0 Å². The van der Waals surface area contributed by atoms with E-state index in [0.717, 1.165) is 0 Å². The molecule has 1 unspecified atom stereocenters. The zero-order valence-corrected chi connectivity index (χ0v) is 7.18. The van der Waals surface area contributed by atoms with E-state index in [-0.39, 0.29) is 5.89 Å². The van der Waals surface area contributed by atoms with Crippen molar-refractivity contribution in [2.24, 2.45) is 5.73 Å². The Morgan fingerprint density at radius 1 is 1.50 bits per heavy atom. The van der Waals surface area contributed by atoms with Crippen LogP contribution in [0, 0.1) is 0 Å². The van der Waals surface area contributed by atoms with Gasteiger partial charge in [0.2, 0.25) is 5.89 Å². The van der Waals surface area contributed by atoms with Gasteiger partial charge in [0.15, 0.2) is 11.6 Å². The van der Waals surface area contributed by atoms with Crippen molar-refractivity contribution in [3.8, 4) is 0 Å². The van der Waals surface area contributed by atoms with E-state index in [1.807, 2.05) is 0 Å². The minimum atomic E-state index is -1.21. The summed E-state index contributed by atoms with van der Waals surface area (Å²) in [7, 11) is 0. The minimum absolute atomic E-state index is 0.0266. The molecule has 3 N–H and O–H groups in total. The normalized spacial score (nSPS) is 12.9. The zero-order valence-electron chi connectivity index (χ0n) is 7.18. The number of carboxylic acids is 1. The lowest BCUT2D eigenvalue weighted by Crippen LogP contribution is -2.20. The molecule has 5 nitrogen and oxygen atoms in total. The molecular weight excluding hydrogens is 184 g/mol. The third-order valence-electron chi connectivity index (χ3n) is 1.84. The third-order valence-corrected chi connectivity index (χ3v) is 1.84. The van der Waals surface area contributed by atoms with Gasteiger partial charge in [0.1, 0.15) is 5.52 Å². The summed E-state index contributed by atoms with van der Waals surface area (Å²) in [5.74, 6) is -1.13. The SMILES string of the molecule is NC(C(=O)O)c1nc2ccccc2o1. The molecule has 2 rings (SSSR count). The van der Waals surface area contributed by atoms with Crippen LogP contribution in [0.3, 0.4) is 0 Å². The fourth-order valence-electron chi connectivity index (χ4n) is 1.13. The smallest absolute Gasteiger partial charge is 0.330 e. The van der Waals surface area contributed by atoms with Gasteiger partial charge in [-0.15, -0.1) is 0 Å². The maximum atomic E-state index is 10.6. The first-order valence-electron chi connectivity index (χ1n) is 4.02. The van der Waals surface area contributed by atoms with Crippen LogP contribution in [-0.4, -0.2) is 16.1 Å². The van der Waals surface area contributed by atoms with Gasteiger partial charge >= 0.3 is 5.97 Å². The van der Waals surface area contributed by atoms with Crippen LogP contribution in [0.4, 0.5) is 0 Å². The number of para-hydroxylation sites is 2. The molecule has 0 amide bonds. The number of hydrogen-bond acceptors (Lipinski definition) is 4. The molecule has 0 aliphatic carbocycles. The largest absolute Gasteiger partial charge is 0.480 e. The first-order valence-corrected chi connectivity index (χ1v) is 4.02. The molecule has 14 heavy (non-hydrogen) atoms. The molecule has 0 aliphatic rings. The van der Waals surface area contributed by atoms with Crippen molar-refractivity contribution in [1.82, 2.24) is 4.98 Å². The van der Waals surface area contributed by atoms with E-state index in [1.54, 1.807) is 24.3 Å². The number of nitrogens with zero attached hydrogens (tertiary/aromatic N) is 1. The van der Waals surface area contributed by atoms with Crippen LogP contribution in [0.5, 0.6) is 0 Å². The first kappa shape index (κ1) is 8.71. The van der Waals surface area contributed by atoms with Crippen LogP contribution in [0.1, 0.15) is 11.9 Å². The van der Waals surface area contributed by atoms with E-state index in [0.29, 0.717) is 11.1 Å². The van der Waals surface area contributed by atoms with Gasteiger partial charge < -0.3 is 15.3 Å². The number of carbonyl (C=O) groups is 1. The molecule has 0 bridgehead atoms. The van der Waals surface area contributed by atoms with Gasteiger partial charge in [-0.3, -0.25) is 0 Å². The monoisotopic (exact) mass is 192 g/mol.